The first-order valence-electron chi connectivity index (χ1n) is 4.46. The van der Waals surface area contributed by atoms with Crippen LogP contribution in [0.4, 0.5) is 17.5 Å². The average molecular weight is 195 g/mol. The highest BCUT2D eigenvalue weighted by Gasteiger charge is 2.20. The fraction of sp³-hybridized carbons (Fsp3) is 0.500. The molecule has 1 atom stereocenters. The van der Waals surface area contributed by atoms with Gasteiger partial charge in [-0.1, -0.05) is 0 Å². The Hall–Kier alpha value is -1.56. The molecule has 2 rings (SSSR count). The predicted octanol–water partition coefficient (Wildman–Crippen LogP) is -0.434. The normalized spacial score (nSPS) is 19.4. The SMILES string of the molecule is Cc1nc(N)nc2c1NC(CO)CN2. The van der Waals surface area contributed by atoms with E-state index in [2.05, 4.69) is 20.6 Å². The van der Waals surface area contributed by atoms with Crippen molar-refractivity contribution in [1.29, 1.82) is 0 Å². The Balaban J connectivity index is 2.37. The zero-order valence-electron chi connectivity index (χ0n) is 7.91. The number of anilines is 3. The fourth-order valence-electron chi connectivity index (χ4n) is 1.48. The molecule has 14 heavy (non-hydrogen) atoms. The molecule has 0 amide bonds. The summed E-state index contributed by atoms with van der Waals surface area (Å²) in [5.74, 6) is 0.970. The van der Waals surface area contributed by atoms with Crippen molar-refractivity contribution >= 4 is 17.5 Å². The topological polar surface area (TPSA) is 96.1 Å². The van der Waals surface area contributed by atoms with Gasteiger partial charge in [0, 0.05) is 6.54 Å². The number of aromatic nitrogens is 2. The quantitative estimate of drug-likeness (QED) is 0.485. The summed E-state index contributed by atoms with van der Waals surface area (Å²) in [6.07, 6.45) is 0. The smallest absolute Gasteiger partial charge is 0.222 e. The highest BCUT2D eigenvalue weighted by Crippen LogP contribution is 2.26. The predicted molar refractivity (Wildman–Crippen MR) is 54.2 cm³/mol. The third-order valence-electron chi connectivity index (χ3n) is 2.19. The van der Waals surface area contributed by atoms with E-state index in [-0.39, 0.29) is 18.6 Å². The van der Waals surface area contributed by atoms with Crippen molar-refractivity contribution in [2.45, 2.75) is 13.0 Å². The number of nitrogens with two attached hydrogens (primary N) is 1. The first-order valence-corrected chi connectivity index (χ1v) is 4.46. The molecule has 6 heteroatoms. The van der Waals surface area contributed by atoms with E-state index < -0.39 is 0 Å². The zero-order chi connectivity index (χ0) is 10.1. The number of rotatable bonds is 1. The first-order chi connectivity index (χ1) is 6.70. The number of nitrogens with one attached hydrogen (secondary N) is 2. The Morgan fingerprint density at radius 2 is 2.36 bits per heavy atom. The van der Waals surface area contributed by atoms with Crippen molar-refractivity contribution in [3.8, 4) is 0 Å². The standard InChI is InChI=1S/C8H13N5O/c1-4-6-7(13-8(9)11-4)10-2-5(3-14)12-6/h5,12,14H,2-3H2,1H3,(H3,9,10,11,13). The summed E-state index contributed by atoms with van der Waals surface area (Å²) in [4.78, 5) is 8.09. The van der Waals surface area contributed by atoms with E-state index in [0.29, 0.717) is 12.4 Å². The Kier molecular flexibility index (Phi) is 2.12. The van der Waals surface area contributed by atoms with Gasteiger partial charge in [-0.3, -0.25) is 0 Å². The van der Waals surface area contributed by atoms with Gasteiger partial charge in [0.25, 0.3) is 0 Å². The summed E-state index contributed by atoms with van der Waals surface area (Å²) in [5, 5.41) is 15.2. The number of nitrogens with zero attached hydrogens (tertiary/aromatic N) is 2. The van der Waals surface area contributed by atoms with Crippen LogP contribution in [-0.2, 0) is 0 Å². The van der Waals surface area contributed by atoms with Crippen LogP contribution in [0.5, 0.6) is 0 Å². The monoisotopic (exact) mass is 195 g/mol. The summed E-state index contributed by atoms with van der Waals surface area (Å²) in [6.45, 7) is 2.57. The molecule has 0 aromatic carbocycles. The van der Waals surface area contributed by atoms with Crippen molar-refractivity contribution in [3.63, 3.8) is 0 Å². The van der Waals surface area contributed by atoms with Gasteiger partial charge in [0.2, 0.25) is 5.95 Å². The number of aryl methyl sites for hydroxylation is 1. The fourth-order valence-corrected chi connectivity index (χ4v) is 1.48. The molecule has 1 aromatic heterocycles. The summed E-state index contributed by atoms with van der Waals surface area (Å²) >= 11 is 0. The minimum atomic E-state index is 0.00780. The van der Waals surface area contributed by atoms with E-state index in [4.69, 9.17) is 10.8 Å². The van der Waals surface area contributed by atoms with Crippen LogP contribution in [0.3, 0.4) is 0 Å². The molecular formula is C8H13N5O. The third kappa shape index (κ3) is 1.44. The molecule has 76 valence electrons. The Labute approximate surface area is 81.6 Å². The summed E-state index contributed by atoms with van der Waals surface area (Å²) in [5.41, 5.74) is 7.12. The molecule has 5 N–H and O–H groups in total. The van der Waals surface area contributed by atoms with Gasteiger partial charge in [-0.2, -0.15) is 4.98 Å². The average Bonchev–Trinajstić information content (AvgIpc) is 2.17. The van der Waals surface area contributed by atoms with Crippen LogP contribution in [0, 0.1) is 6.92 Å². The Bertz CT molecular complexity index is 354. The molecule has 2 heterocycles. The number of hydrogen-bond donors (Lipinski definition) is 4. The van der Waals surface area contributed by atoms with Gasteiger partial charge in [-0.05, 0) is 6.92 Å². The number of fused-ring (bicyclic) bond motifs is 1. The van der Waals surface area contributed by atoms with E-state index in [0.717, 1.165) is 11.4 Å². The van der Waals surface area contributed by atoms with Crippen molar-refractivity contribution in [2.75, 3.05) is 29.5 Å². The summed E-state index contributed by atoms with van der Waals surface area (Å²) < 4.78 is 0. The van der Waals surface area contributed by atoms with E-state index >= 15 is 0 Å². The van der Waals surface area contributed by atoms with Crippen LogP contribution in [0.15, 0.2) is 0 Å². The maximum atomic E-state index is 8.99. The van der Waals surface area contributed by atoms with E-state index in [1.54, 1.807) is 0 Å². The van der Waals surface area contributed by atoms with Gasteiger partial charge in [-0.25, -0.2) is 4.98 Å². The van der Waals surface area contributed by atoms with Crippen LogP contribution in [0.2, 0.25) is 0 Å². The lowest BCUT2D eigenvalue weighted by molar-refractivity contribution is 0.277. The number of aliphatic hydroxyl groups excluding tert-OH is 1. The van der Waals surface area contributed by atoms with E-state index in [1.807, 2.05) is 6.92 Å². The lowest BCUT2D eigenvalue weighted by Gasteiger charge is -2.27. The van der Waals surface area contributed by atoms with Crippen molar-refractivity contribution < 1.29 is 5.11 Å². The molecule has 0 saturated carbocycles. The maximum absolute atomic E-state index is 8.99. The minimum Gasteiger partial charge on any atom is -0.394 e. The molecule has 1 aliphatic rings. The molecule has 0 fully saturated rings. The molecule has 0 radical (unpaired) electrons. The van der Waals surface area contributed by atoms with Crippen LogP contribution < -0.4 is 16.4 Å². The molecule has 0 spiro atoms. The van der Waals surface area contributed by atoms with Crippen LogP contribution in [0.1, 0.15) is 5.69 Å². The Morgan fingerprint density at radius 3 is 3.07 bits per heavy atom. The first kappa shape index (κ1) is 9.01. The second-order valence-corrected chi connectivity index (χ2v) is 3.30. The van der Waals surface area contributed by atoms with E-state index in [9.17, 15) is 0 Å². The van der Waals surface area contributed by atoms with Crippen LogP contribution in [0.25, 0.3) is 0 Å². The third-order valence-corrected chi connectivity index (χ3v) is 2.19. The Morgan fingerprint density at radius 1 is 1.57 bits per heavy atom. The van der Waals surface area contributed by atoms with Crippen molar-refractivity contribution in [3.05, 3.63) is 5.69 Å². The molecule has 0 bridgehead atoms. The van der Waals surface area contributed by atoms with Gasteiger partial charge in [0.1, 0.15) is 0 Å². The molecule has 0 saturated heterocycles. The number of hydrogen-bond acceptors (Lipinski definition) is 6. The lowest BCUT2D eigenvalue weighted by Crippen LogP contribution is -2.36. The van der Waals surface area contributed by atoms with Crippen LogP contribution in [-0.4, -0.2) is 34.3 Å². The van der Waals surface area contributed by atoms with Gasteiger partial charge >= 0.3 is 0 Å². The largest absolute Gasteiger partial charge is 0.394 e. The van der Waals surface area contributed by atoms with E-state index in [1.165, 1.54) is 0 Å². The maximum Gasteiger partial charge on any atom is 0.222 e. The molecule has 1 aliphatic heterocycles. The van der Waals surface area contributed by atoms with Crippen LogP contribution >= 0.6 is 0 Å². The minimum absolute atomic E-state index is 0.00780. The van der Waals surface area contributed by atoms with Gasteiger partial charge in [-0.15, -0.1) is 0 Å². The summed E-state index contributed by atoms with van der Waals surface area (Å²) in [6, 6.07) is 0.00780. The van der Waals surface area contributed by atoms with Gasteiger partial charge in [0.15, 0.2) is 5.82 Å². The highest BCUT2D eigenvalue weighted by atomic mass is 16.3. The molecule has 6 nitrogen and oxygen atoms in total. The zero-order valence-corrected chi connectivity index (χ0v) is 7.91. The van der Waals surface area contributed by atoms with Crippen molar-refractivity contribution in [1.82, 2.24) is 9.97 Å². The van der Waals surface area contributed by atoms with Gasteiger partial charge < -0.3 is 21.5 Å². The number of nitrogen functional groups attached to an aromatic ring is 1. The molecular weight excluding hydrogens is 182 g/mol. The lowest BCUT2D eigenvalue weighted by atomic mass is 10.2. The highest BCUT2D eigenvalue weighted by molar-refractivity contribution is 5.70. The number of aliphatic hydroxyl groups is 1. The molecule has 1 aromatic rings. The second kappa shape index (κ2) is 3.30. The van der Waals surface area contributed by atoms with Crippen molar-refractivity contribution in [2.24, 2.45) is 0 Å². The summed E-state index contributed by atoms with van der Waals surface area (Å²) in [7, 11) is 0. The molecule has 0 aliphatic carbocycles. The second-order valence-electron chi connectivity index (χ2n) is 3.30. The molecule has 1 unspecified atom stereocenters. The van der Waals surface area contributed by atoms with Gasteiger partial charge in [0.05, 0.1) is 24.0 Å².